The maximum Gasteiger partial charge on any atom is 0.342 e. The molecule has 0 radical (unpaired) electrons. The number of carbonyl (C=O) groups is 1. The van der Waals surface area contributed by atoms with Crippen molar-refractivity contribution in [3.8, 4) is 5.75 Å². The number of aryl methyl sites for hydroxylation is 1. The van der Waals surface area contributed by atoms with E-state index in [4.69, 9.17) is 9.47 Å². The van der Waals surface area contributed by atoms with Crippen LogP contribution in [0, 0.1) is 0 Å². The molecule has 0 unspecified atom stereocenters. The van der Waals surface area contributed by atoms with Crippen molar-refractivity contribution in [3.05, 3.63) is 35.5 Å². The van der Waals surface area contributed by atoms with Crippen LogP contribution in [-0.4, -0.2) is 44.8 Å². The summed E-state index contributed by atoms with van der Waals surface area (Å²) in [7, 11) is -2.41. The lowest BCUT2D eigenvalue weighted by atomic mass is 10.0. The van der Waals surface area contributed by atoms with E-state index in [1.807, 2.05) is 6.07 Å². The average molecular weight is 365 g/mol. The van der Waals surface area contributed by atoms with Crippen LogP contribution in [0.25, 0.3) is 0 Å². The Morgan fingerprint density at radius 3 is 2.92 bits per heavy atom. The number of methoxy groups -OCH3 is 1. The Morgan fingerprint density at radius 1 is 1.40 bits per heavy atom. The summed E-state index contributed by atoms with van der Waals surface area (Å²) in [6.45, 7) is 2.12. The Labute approximate surface area is 145 Å². The lowest BCUT2D eigenvalue weighted by Crippen LogP contribution is -2.36. The lowest BCUT2D eigenvalue weighted by Gasteiger charge is -2.30. The first-order valence-electron chi connectivity index (χ1n) is 7.89. The molecule has 1 N–H and O–H groups in total. The zero-order chi connectivity index (χ0) is 18.0. The molecule has 1 aliphatic heterocycles. The van der Waals surface area contributed by atoms with Crippen LogP contribution in [0.4, 0.5) is 5.69 Å². The molecule has 1 aliphatic rings. The van der Waals surface area contributed by atoms with Gasteiger partial charge in [0.05, 0.1) is 25.6 Å². The normalized spacial score (nSPS) is 14.1. The Balaban J connectivity index is 2.03. The van der Waals surface area contributed by atoms with Crippen LogP contribution >= 0.6 is 0 Å². The van der Waals surface area contributed by atoms with Gasteiger partial charge in [0, 0.05) is 6.54 Å². The van der Waals surface area contributed by atoms with Crippen molar-refractivity contribution in [2.45, 2.75) is 24.8 Å². The number of aromatic amines is 1. The van der Waals surface area contributed by atoms with Gasteiger partial charge in [-0.25, -0.2) is 4.79 Å². The van der Waals surface area contributed by atoms with Gasteiger partial charge in [0.15, 0.2) is 5.03 Å². The van der Waals surface area contributed by atoms with Crippen molar-refractivity contribution >= 4 is 21.7 Å². The van der Waals surface area contributed by atoms with Gasteiger partial charge in [-0.1, -0.05) is 0 Å². The highest BCUT2D eigenvalue weighted by molar-refractivity contribution is 7.92. The van der Waals surface area contributed by atoms with Crippen molar-refractivity contribution in [1.29, 1.82) is 0 Å². The van der Waals surface area contributed by atoms with Crippen molar-refractivity contribution in [1.82, 2.24) is 10.2 Å². The second kappa shape index (κ2) is 6.75. The van der Waals surface area contributed by atoms with Gasteiger partial charge < -0.3 is 9.47 Å². The van der Waals surface area contributed by atoms with Crippen molar-refractivity contribution in [2.75, 3.05) is 24.6 Å². The highest BCUT2D eigenvalue weighted by Crippen LogP contribution is 2.34. The fourth-order valence-corrected chi connectivity index (χ4v) is 4.46. The quantitative estimate of drug-likeness (QED) is 0.810. The number of hydrogen-bond acceptors (Lipinski definition) is 6. The van der Waals surface area contributed by atoms with Gasteiger partial charge in [-0.2, -0.15) is 13.5 Å². The highest BCUT2D eigenvalue weighted by Gasteiger charge is 2.34. The van der Waals surface area contributed by atoms with Crippen LogP contribution in [-0.2, 0) is 21.2 Å². The molecule has 1 aromatic carbocycles. The van der Waals surface area contributed by atoms with Crippen LogP contribution < -0.4 is 9.04 Å². The molecular formula is C16H19N3O5S. The number of carbonyl (C=O) groups excluding carboxylic acids is 1. The summed E-state index contributed by atoms with van der Waals surface area (Å²) in [5, 5.41) is 5.89. The maximum atomic E-state index is 13.1. The number of rotatable bonds is 5. The van der Waals surface area contributed by atoms with Crippen LogP contribution in [0.3, 0.4) is 0 Å². The second-order valence-electron chi connectivity index (χ2n) is 5.51. The number of hydrogen-bond donors (Lipinski definition) is 1. The van der Waals surface area contributed by atoms with Crippen molar-refractivity contribution in [2.24, 2.45) is 0 Å². The number of sulfonamides is 1. The molecule has 0 fully saturated rings. The minimum absolute atomic E-state index is 0.0949. The average Bonchev–Trinajstić information content (AvgIpc) is 3.11. The Morgan fingerprint density at radius 2 is 2.20 bits per heavy atom. The van der Waals surface area contributed by atoms with Gasteiger partial charge in [-0.05, 0) is 43.5 Å². The number of fused-ring (bicyclic) bond motifs is 1. The Hall–Kier alpha value is -2.55. The second-order valence-corrected chi connectivity index (χ2v) is 7.31. The number of ether oxygens (including phenoxy) is 2. The molecule has 0 amide bonds. The number of anilines is 1. The van der Waals surface area contributed by atoms with E-state index in [9.17, 15) is 13.2 Å². The summed E-state index contributed by atoms with van der Waals surface area (Å²) in [6.07, 6.45) is 2.60. The number of benzene rings is 1. The first-order valence-corrected chi connectivity index (χ1v) is 9.33. The number of esters is 1. The summed E-state index contributed by atoms with van der Waals surface area (Å²) in [4.78, 5) is 12.0. The minimum atomic E-state index is -3.97. The topological polar surface area (TPSA) is 102 Å². The van der Waals surface area contributed by atoms with E-state index in [-0.39, 0.29) is 17.2 Å². The smallest absolute Gasteiger partial charge is 0.342 e. The molecular weight excluding hydrogens is 346 g/mol. The van der Waals surface area contributed by atoms with Crippen LogP contribution in [0.15, 0.2) is 29.4 Å². The number of nitrogens with zero attached hydrogens (tertiary/aromatic N) is 2. The maximum absolute atomic E-state index is 13.1. The third-order valence-corrected chi connectivity index (χ3v) is 5.80. The van der Waals surface area contributed by atoms with Gasteiger partial charge >= 0.3 is 5.97 Å². The minimum Gasteiger partial charge on any atom is -0.497 e. The molecule has 2 aromatic rings. The first-order chi connectivity index (χ1) is 12.0. The van der Waals surface area contributed by atoms with E-state index in [0.29, 0.717) is 24.4 Å². The molecule has 0 spiro atoms. The van der Waals surface area contributed by atoms with Crippen LogP contribution in [0.5, 0.6) is 5.75 Å². The van der Waals surface area contributed by atoms with E-state index in [1.54, 1.807) is 26.2 Å². The molecule has 1 aromatic heterocycles. The number of H-pyrrole nitrogens is 1. The van der Waals surface area contributed by atoms with Crippen molar-refractivity contribution in [3.63, 3.8) is 0 Å². The van der Waals surface area contributed by atoms with E-state index >= 15 is 0 Å². The zero-order valence-corrected chi connectivity index (χ0v) is 14.8. The lowest BCUT2D eigenvalue weighted by molar-refractivity contribution is 0.0522. The third kappa shape index (κ3) is 3.07. The zero-order valence-electron chi connectivity index (χ0n) is 14.0. The predicted octanol–water partition coefficient (Wildman–Crippen LogP) is 1.74. The van der Waals surface area contributed by atoms with Gasteiger partial charge in [0.25, 0.3) is 10.0 Å². The van der Waals surface area contributed by atoms with Gasteiger partial charge in [0.2, 0.25) is 0 Å². The molecule has 0 saturated heterocycles. The molecule has 0 atom stereocenters. The highest BCUT2D eigenvalue weighted by atomic mass is 32.2. The van der Waals surface area contributed by atoms with Gasteiger partial charge in [-0.3, -0.25) is 9.40 Å². The standard InChI is InChI=1S/C16H19N3O5S/c1-3-24-16(20)13-10-17-18-15(13)25(21,22)19-8-4-5-11-9-12(23-2)6-7-14(11)19/h6-7,9-10H,3-5,8H2,1-2H3,(H,17,18). The third-order valence-electron chi connectivity index (χ3n) is 4.01. The molecule has 0 aliphatic carbocycles. The molecule has 25 heavy (non-hydrogen) atoms. The number of nitrogens with one attached hydrogen (secondary N) is 1. The van der Waals surface area contributed by atoms with Crippen LogP contribution in [0.2, 0.25) is 0 Å². The first kappa shape index (κ1) is 17.3. The predicted molar refractivity (Wildman–Crippen MR) is 90.4 cm³/mol. The largest absolute Gasteiger partial charge is 0.497 e. The fraction of sp³-hybridized carbons (Fsp3) is 0.375. The summed E-state index contributed by atoms with van der Waals surface area (Å²) in [5.41, 5.74) is 1.37. The fourth-order valence-electron chi connectivity index (χ4n) is 2.85. The summed E-state index contributed by atoms with van der Waals surface area (Å²) >= 11 is 0. The van der Waals surface area contributed by atoms with E-state index in [1.165, 1.54) is 10.5 Å². The molecule has 3 rings (SSSR count). The van der Waals surface area contributed by atoms with E-state index in [2.05, 4.69) is 10.2 Å². The SMILES string of the molecule is CCOC(=O)c1cn[nH]c1S(=O)(=O)N1CCCc2cc(OC)ccc21. The summed E-state index contributed by atoms with van der Waals surface area (Å²) in [6, 6.07) is 5.26. The molecule has 8 nitrogen and oxygen atoms in total. The molecule has 9 heteroatoms. The van der Waals surface area contributed by atoms with E-state index in [0.717, 1.165) is 12.0 Å². The van der Waals surface area contributed by atoms with Crippen molar-refractivity contribution < 1.29 is 22.7 Å². The van der Waals surface area contributed by atoms with Gasteiger partial charge in [0.1, 0.15) is 11.3 Å². The van der Waals surface area contributed by atoms with Gasteiger partial charge in [-0.15, -0.1) is 0 Å². The number of aromatic nitrogens is 2. The molecule has 2 heterocycles. The Kier molecular flexibility index (Phi) is 4.67. The summed E-state index contributed by atoms with van der Waals surface area (Å²) in [5.74, 6) is -0.0476. The molecule has 134 valence electrons. The molecule has 0 saturated carbocycles. The summed E-state index contributed by atoms with van der Waals surface area (Å²) < 4.78 is 37.6. The monoisotopic (exact) mass is 365 g/mol. The Bertz CT molecular complexity index is 891. The molecule has 0 bridgehead atoms. The van der Waals surface area contributed by atoms with E-state index < -0.39 is 16.0 Å². The van der Waals surface area contributed by atoms with Crippen LogP contribution in [0.1, 0.15) is 29.3 Å².